The van der Waals surface area contributed by atoms with E-state index in [0.717, 1.165) is 16.2 Å². The fraction of sp³-hybridized carbons (Fsp3) is 0.130. The third-order valence-electron chi connectivity index (χ3n) is 4.69. The Morgan fingerprint density at radius 2 is 1.79 bits per heavy atom. The molecule has 29 heavy (non-hydrogen) atoms. The smallest absolute Gasteiger partial charge is 0.339 e. The van der Waals surface area contributed by atoms with Crippen LogP contribution in [-0.2, 0) is 22.1 Å². The Morgan fingerprint density at radius 1 is 1.03 bits per heavy atom. The van der Waals surface area contributed by atoms with Gasteiger partial charge in [0.05, 0.1) is 21.3 Å². The molecule has 0 amide bonds. The maximum atomic E-state index is 12.7. The number of rotatable bonds is 5. The molecule has 0 spiro atoms. The Labute approximate surface area is 169 Å². The van der Waals surface area contributed by atoms with Crippen LogP contribution in [0.15, 0.2) is 80.8 Å². The van der Waals surface area contributed by atoms with Crippen LogP contribution in [0.25, 0.3) is 21.7 Å². The Hall–Kier alpha value is -3.25. The maximum Gasteiger partial charge on any atom is 0.339 e. The van der Waals surface area contributed by atoms with Gasteiger partial charge in [-0.3, -0.25) is 4.21 Å². The highest BCUT2D eigenvalue weighted by molar-refractivity contribution is 7.85. The molecule has 4 aromatic rings. The van der Waals surface area contributed by atoms with E-state index in [1.165, 1.54) is 6.07 Å². The van der Waals surface area contributed by atoms with Crippen LogP contribution in [0.3, 0.4) is 0 Å². The van der Waals surface area contributed by atoms with Gasteiger partial charge < -0.3 is 9.15 Å². The van der Waals surface area contributed by atoms with Crippen molar-refractivity contribution in [1.29, 1.82) is 0 Å². The summed E-state index contributed by atoms with van der Waals surface area (Å²) in [5, 5.41) is 2.64. The minimum Gasteiger partial charge on any atom is -0.457 e. The van der Waals surface area contributed by atoms with E-state index < -0.39 is 22.4 Å². The van der Waals surface area contributed by atoms with E-state index in [1.807, 2.05) is 30.3 Å². The molecule has 0 bridgehead atoms. The fourth-order valence-corrected chi connectivity index (χ4v) is 4.28. The number of hydrogen-bond acceptors (Lipinski definition) is 5. The van der Waals surface area contributed by atoms with E-state index in [2.05, 4.69) is 0 Å². The number of carbonyl (C=O) groups excluding carboxylic acids is 1. The molecule has 0 saturated heterocycles. The SMILES string of the molecule is CC[S@@](=O)c1ccccc1C(=O)OCc1cc(=O)oc2ccc3ccccc3c12. The first-order valence-corrected chi connectivity index (χ1v) is 10.5. The van der Waals surface area contributed by atoms with Gasteiger partial charge in [-0.15, -0.1) is 0 Å². The van der Waals surface area contributed by atoms with Crippen molar-refractivity contribution < 1.29 is 18.2 Å². The molecular weight excluding hydrogens is 388 g/mol. The van der Waals surface area contributed by atoms with Gasteiger partial charge in [0.1, 0.15) is 12.2 Å². The lowest BCUT2D eigenvalue weighted by atomic mass is 10.0. The zero-order chi connectivity index (χ0) is 20.4. The molecule has 0 saturated carbocycles. The Morgan fingerprint density at radius 3 is 2.62 bits per heavy atom. The van der Waals surface area contributed by atoms with Gasteiger partial charge in [-0.25, -0.2) is 9.59 Å². The van der Waals surface area contributed by atoms with Gasteiger partial charge in [0.2, 0.25) is 0 Å². The van der Waals surface area contributed by atoms with Crippen LogP contribution in [0, 0.1) is 0 Å². The summed E-state index contributed by atoms with van der Waals surface area (Å²) in [6.45, 7) is 1.70. The minimum atomic E-state index is -1.28. The van der Waals surface area contributed by atoms with Crippen LogP contribution in [0.4, 0.5) is 0 Å². The lowest BCUT2D eigenvalue weighted by molar-refractivity contribution is 0.0469. The quantitative estimate of drug-likeness (QED) is 0.278. The molecule has 0 unspecified atom stereocenters. The van der Waals surface area contributed by atoms with Crippen molar-refractivity contribution in [3.63, 3.8) is 0 Å². The van der Waals surface area contributed by atoms with Crippen molar-refractivity contribution >= 4 is 38.5 Å². The molecule has 1 heterocycles. The zero-order valence-corrected chi connectivity index (χ0v) is 16.5. The molecule has 0 fully saturated rings. The maximum absolute atomic E-state index is 12.7. The summed E-state index contributed by atoms with van der Waals surface area (Å²) in [6, 6.07) is 19.4. The lowest BCUT2D eigenvalue weighted by Gasteiger charge is -2.11. The second kappa shape index (κ2) is 8.01. The number of carbonyl (C=O) groups is 1. The third-order valence-corrected chi connectivity index (χ3v) is 6.06. The van der Waals surface area contributed by atoms with Gasteiger partial charge in [0.15, 0.2) is 0 Å². The average molecular weight is 406 g/mol. The topological polar surface area (TPSA) is 73.6 Å². The molecule has 0 N–H and O–H groups in total. The molecule has 0 aliphatic carbocycles. The largest absolute Gasteiger partial charge is 0.457 e. The monoisotopic (exact) mass is 406 g/mol. The van der Waals surface area contributed by atoms with Crippen molar-refractivity contribution in [2.75, 3.05) is 5.75 Å². The second-order valence-corrected chi connectivity index (χ2v) is 8.17. The van der Waals surface area contributed by atoms with Crippen molar-refractivity contribution in [1.82, 2.24) is 0 Å². The number of benzene rings is 3. The Kier molecular flexibility index (Phi) is 5.27. The summed E-state index contributed by atoms with van der Waals surface area (Å²) in [6.07, 6.45) is 0. The van der Waals surface area contributed by atoms with Gasteiger partial charge in [-0.1, -0.05) is 49.4 Å². The molecule has 6 heteroatoms. The van der Waals surface area contributed by atoms with Crippen molar-refractivity contribution in [3.05, 3.63) is 88.3 Å². The molecule has 1 aromatic heterocycles. The first-order chi connectivity index (χ1) is 14.1. The molecule has 5 nitrogen and oxygen atoms in total. The Balaban J connectivity index is 1.72. The van der Waals surface area contributed by atoms with Crippen LogP contribution in [-0.4, -0.2) is 15.9 Å². The number of hydrogen-bond donors (Lipinski definition) is 0. The fourth-order valence-electron chi connectivity index (χ4n) is 3.34. The van der Waals surface area contributed by atoms with Gasteiger partial charge in [0, 0.05) is 22.8 Å². The first-order valence-electron chi connectivity index (χ1n) is 9.17. The predicted octanol–water partition coefficient (Wildman–Crippen LogP) is 4.43. The molecule has 146 valence electrons. The van der Waals surface area contributed by atoms with Crippen LogP contribution in [0.1, 0.15) is 22.8 Å². The Bertz CT molecular complexity index is 1310. The van der Waals surface area contributed by atoms with Crippen LogP contribution < -0.4 is 5.63 Å². The van der Waals surface area contributed by atoms with E-state index in [1.54, 1.807) is 37.3 Å². The second-order valence-electron chi connectivity index (χ2n) is 6.46. The molecular formula is C23H18O5S. The summed E-state index contributed by atoms with van der Waals surface area (Å²) < 4.78 is 23.1. The van der Waals surface area contributed by atoms with Gasteiger partial charge in [-0.05, 0) is 29.0 Å². The van der Waals surface area contributed by atoms with E-state index in [-0.39, 0.29) is 12.2 Å². The van der Waals surface area contributed by atoms with Gasteiger partial charge in [0.25, 0.3) is 0 Å². The van der Waals surface area contributed by atoms with Gasteiger partial charge in [-0.2, -0.15) is 0 Å². The summed E-state index contributed by atoms with van der Waals surface area (Å²) in [5.41, 5.74) is 0.765. The number of fused-ring (bicyclic) bond motifs is 3. The van der Waals surface area contributed by atoms with Crippen LogP contribution in [0.2, 0.25) is 0 Å². The van der Waals surface area contributed by atoms with Crippen molar-refractivity contribution in [2.24, 2.45) is 0 Å². The predicted molar refractivity (Wildman–Crippen MR) is 113 cm³/mol. The zero-order valence-electron chi connectivity index (χ0n) is 15.7. The van der Waals surface area contributed by atoms with Crippen molar-refractivity contribution in [3.8, 4) is 0 Å². The summed E-state index contributed by atoms with van der Waals surface area (Å²) in [5.74, 6) is -0.176. The van der Waals surface area contributed by atoms with Crippen molar-refractivity contribution in [2.45, 2.75) is 18.4 Å². The highest BCUT2D eigenvalue weighted by atomic mass is 32.2. The van der Waals surface area contributed by atoms with Crippen LogP contribution >= 0.6 is 0 Å². The molecule has 1 atom stereocenters. The lowest BCUT2D eigenvalue weighted by Crippen LogP contribution is -2.11. The average Bonchev–Trinajstić information content (AvgIpc) is 2.76. The molecule has 3 aromatic carbocycles. The van der Waals surface area contributed by atoms with E-state index in [9.17, 15) is 13.8 Å². The number of esters is 1. The van der Waals surface area contributed by atoms with E-state index in [4.69, 9.17) is 9.15 Å². The van der Waals surface area contributed by atoms with Gasteiger partial charge >= 0.3 is 11.6 Å². The standard InChI is InChI=1S/C23H18O5S/c1-2-29(26)20-10-6-5-9-18(20)23(25)27-14-16-13-21(24)28-19-12-11-15-7-3-4-8-17(15)22(16)19/h3-13H,2,14H2,1H3/t29-/m1/s1. The summed E-state index contributed by atoms with van der Waals surface area (Å²) in [4.78, 5) is 25.1. The number of ether oxygens (including phenoxy) is 1. The molecule has 0 aliphatic heterocycles. The van der Waals surface area contributed by atoms with E-state index >= 15 is 0 Å². The highest BCUT2D eigenvalue weighted by Gasteiger charge is 2.17. The van der Waals surface area contributed by atoms with Crippen LogP contribution in [0.5, 0.6) is 0 Å². The molecule has 4 rings (SSSR count). The first kappa shape index (κ1) is 19.1. The normalized spacial score (nSPS) is 12.2. The van der Waals surface area contributed by atoms with E-state index in [0.29, 0.717) is 21.8 Å². The highest BCUT2D eigenvalue weighted by Crippen LogP contribution is 2.28. The molecule has 0 radical (unpaired) electrons. The molecule has 0 aliphatic rings. The summed E-state index contributed by atoms with van der Waals surface area (Å²) in [7, 11) is -1.28. The third kappa shape index (κ3) is 3.71. The minimum absolute atomic E-state index is 0.0952. The summed E-state index contributed by atoms with van der Waals surface area (Å²) >= 11 is 0.